The maximum absolute atomic E-state index is 13.5. The average Bonchev–Trinajstić information content (AvgIpc) is 3.04. The van der Waals surface area contributed by atoms with Crippen molar-refractivity contribution in [1.82, 2.24) is 20.1 Å². The first-order valence-corrected chi connectivity index (χ1v) is 11.8. The quantitative estimate of drug-likeness (QED) is 0.728. The third-order valence-corrected chi connectivity index (χ3v) is 6.65. The highest BCUT2D eigenvalue weighted by Crippen LogP contribution is 2.34. The van der Waals surface area contributed by atoms with Crippen molar-refractivity contribution in [3.05, 3.63) is 66.0 Å². The third kappa shape index (κ3) is 5.01. The molecule has 1 atom stereocenters. The second-order valence-corrected chi connectivity index (χ2v) is 9.46. The molecular formula is C26H34N4O2. The van der Waals surface area contributed by atoms with E-state index in [1.54, 1.807) is 6.20 Å². The first-order chi connectivity index (χ1) is 15.5. The van der Waals surface area contributed by atoms with Crippen LogP contribution in [0.4, 0.5) is 0 Å². The van der Waals surface area contributed by atoms with Crippen LogP contribution in [0.5, 0.6) is 0 Å². The summed E-state index contributed by atoms with van der Waals surface area (Å²) in [5.41, 5.74) is 1.76. The van der Waals surface area contributed by atoms with Crippen LogP contribution in [0.25, 0.3) is 0 Å². The van der Waals surface area contributed by atoms with Gasteiger partial charge in [-0.05, 0) is 30.0 Å². The highest BCUT2D eigenvalue weighted by Gasteiger charge is 2.51. The molecule has 1 aromatic heterocycles. The van der Waals surface area contributed by atoms with E-state index in [4.69, 9.17) is 0 Å². The summed E-state index contributed by atoms with van der Waals surface area (Å²) in [4.78, 5) is 34.6. The first kappa shape index (κ1) is 22.5. The highest BCUT2D eigenvalue weighted by molar-refractivity contribution is 5.85. The Morgan fingerprint density at radius 3 is 2.50 bits per heavy atom. The van der Waals surface area contributed by atoms with Gasteiger partial charge in [0, 0.05) is 57.2 Å². The molecule has 2 aliphatic heterocycles. The number of benzene rings is 1. The Labute approximate surface area is 191 Å². The zero-order valence-corrected chi connectivity index (χ0v) is 19.2. The predicted molar refractivity (Wildman–Crippen MR) is 125 cm³/mol. The molecule has 3 heterocycles. The summed E-state index contributed by atoms with van der Waals surface area (Å²) in [5, 5.41) is 3.71. The Hall–Kier alpha value is -2.73. The van der Waals surface area contributed by atoms with Gasteiger partial charge >= 0.3 is 0 Å². The zero-order valence-electron chi connectivity index (χ0n) is 19.2. The van der Waals surface area contributed by atoms with E-state index in [1.165, 1.54) is 0 Å². The number of nitrogens with zero attached hydrogens (tertiary/aromatic N) is 3. The maximum Gasteiger partial charge on any atom is 0.241 e. The molecule has 2 saturated heterocycles. The molecule has 1 spiro atoms. The molecule has 2 amide bonds. The number of hydrogen-bond donors (Lipinski definition) is 1. The van der Waals surface area contributed by atoms with Crippen LogP contribution < -0.4 is 5.32 Å². The van der Waals surface area contributed by atoms with Crippen molar-refractivity contribution in [3.63, 3.8) is 0 Å². The Balaban J connectivity index is 1.49. The van der Waals surface area contributed by atoms with Gasteiger partial charge in [0.1, 0.15) is 0 Å². The van der Waals surface area contributed by atoms with Crippen LogP contribution in [0.1, 0.15) is 44.4 Å². The van der Waals surface area contributed by atoms with Gasteiger partial charge in [0.15, 0.2) is 0 Å². The fourth-order valence-corrected chi connectivity index (χ4v) is 4.97. The second kappa shape index (κ2) is 9.82. The fraction of sp³-hybridized carbons (Fsp3) is 0.500. The lowest BCUT2D eigenvalue weighted by Crippen LogP contribution is -2.60. The average molecular weight is 435 g/mol. The van der Waals surface area contributed by atoms with E-state index in [0.717, 1.165) is 30.5 Å². The molecule has 0 saturated carbocycles. The molecule has 170 valence electrons. The normalized spacial score (nSPS) is 20.3. The molecule has 0 aliphatic carbocycles. The summed E-state index contributed by atoms with van der Waals surface area (Å²) in [6.45, 7) is 6.16. The van der Waals surface area contributed by atoms with Gasteiger partial charge < -0.3 is 9.80 Å². The van der Waals surface area contributed by atoms with Gasteiger partial charge in [-0.2, -0.15) is 0 Å². The van der Waals surface area contributed by atoms with Crippen LogP contribution >= 0.6 is 0 Å². The number of hydrogen-bond acceptors (Lipinski definition) is 4. The van der Waals surface area contributed by atoms with Crippen molar-refractivity contribution in [1.29, 1.82) is 0 Å². The maximum atomic E-state index is 13.5. The fourth-order valence-electron chi connectivity index (χ4n) is 4.97. The second-order valence-electron chi connectivity index (χ2n) is 9.46. The molecule has 1 N–H and O–H groups in total. The molecule has 6 heteroatoms. The Morgan fingerprint density at radius 2 is 1.84 bits per heavy atom. The van der Waals surface area contributed by atoms with E-state index >= 15 is 0 Å². The van der Waals surface area contributed by atoms with Crippen molar-refractivity contribution >= 4 is 11.8 Å². The van der Waals surface area contributed by atoms with E-state index in [0.29, 0.717) is 38.4 Å². The van der Waals surface area contributed by atoms with E-state index in [9.17, 15) is 9.59 Å². The van der Waals surface area contributed by atoms with Crippen molar-refractivity contribution < 1.29 is 9.59 Å². The minimum Gasteiger partial charge on any atom is -0.342 e. The summed E-state index contributed by atoms with van der Waals surface area (Å²) in [6, 6.07) is 15.8. The Bertz CT molecular complexity index is 908. The lowest BCUT2D eigenvalue weighted by atomic mass is 9.94. The molecule has 4 rings (SSSR count). The molecule has 0 unspecified atom stereocenters. The van der Waals surface area contributed by atoms with Crippen molar-refractivity contribution in [3.8, 4) is 0 Å². The van der Waals surface area contributed by atoms with Crippen molar-refractivity contribution in [2.24, 2.45) is 5.92 Å². The summed E-state index contributed by atoms with van der Waals surface area (Å²) in [7, 11) is 0. The number of amides is 2. The van der Waals surface area contributed by atoms with Gasteiger partial charge in [-0.1, -0.05) is 50.2 Å². The van der Waals surface area contributed by atoms with Gasteiger partial charge in [-0.3, -0.25) is 19.9 Å². The summed E-state index contributed by atoms with van der Waals surface area (Å²) >= 11 is 0. The highest BCUT2D eigenvalue weighted by atomic mass is 16.2. The topological polar surface area (TPSA) is 65.5 Å². The number of pyridine rings is 1. The largest absolute Gasteiger partial charge is 0.342 e. The van der Waals surface area contributed by atoms with Crippen LogP contribution in [0.15, 0.2) is 54.7 Å². The number of carbonyl (C=O) groups excluding carboxylic acids is 2. The minimum atomic E-state index is -0.389. The molecule has 1 aromatic carbocycles. The molecule has 0 bridgehead atoms. The minimum absolute atomic E-state index is 0.159. The van der Waals surface area contributed by atoms with E-state index in [1.807, 2.05) is 46.2 Å². The van der Waals surface area contributed by atoms with Crippen LogP contribution in [-0.4, -0.2) is 57.9 Å². The molecule has 32 heavy (non-hydrogen) atoms. The number of carbonyl (C=O) groups is 2. The summed E-state index contributed by atoms with van der Waals surface area (Å²) in [5.74, 6) is 0.737. The number of piperidine rings is 1. The van der Waals surface area contributed by atoms with Crippen LogP contribution in [-0.2, 0) is 22.4 Å². The smallest absolute Gasteiger partial charge is 0.241 e. The summed E-state index contributed by atoms with van der Waals surface area (Å²) < 4.78 is 0. The van der Waals surface area contributed by atoms with Gasteiger partial charge in [0.05, 0.1) is 11.7 Å². The lowest BCUT2D eigenvalue weighted by molar-refractivity contribution is -0.137. The van der Waals surface area contributed by atoms with Crippen molar-refractivity contribution in [2.45, 2.75) is 57.7 Å². The van der Waals surface area contributed by atoms with Crippen LogP contribution in [0.2, 0.25) is 0 Å². The molecule has 2 aromatic rings. The van der Waals surface area contributed by atoms with Gasteiger partial charge in [0.2, 0.25) is 11.8 Å². The molecule has 2 aliphatic rings. The van der Waals surface area contributed by atoms with Crippen LogP contribution in [0.3, 0.4) is 0 Å². The van der Waals surface area contributed by atoms with E-state index < -0.39 is 0 Å². The zero-order chi connectivity index (χ0) is 22.6. The molecule has 2 fully saturated rings. The first-order valence-electron chi connectivity index (χ1n) is 11.8. The lowest BCUT2D eigenvalue weighted by Gasteiger charge is -2.45. The molecule has 0 radical (unpaired) electrons. The Morgan fingerprint density at radius 1 is 1.12 bits per heavy atom. The standard InChI is InChI=1S/C26H34N4O2/c1-20(2)18-24(31)29-16-12-26(13-17-29)28-23(19-21-8-4-3-5-9-21)25(32)30(26)15-11-22-10-6-7-14-27-22/h3-10,14,20,23,28H,11-13,15-19H2,1-2H3/t23-/m0/s1. The number of likely N-dealkylation sites (tertiary alicyclic amines) is 1. The SMILES string of the molecule is CC(C)CC(=O)N1CCC2(CC1)N[C@@H](Cc1ccccc1)C(=O)N2CCc1ccccn1. The van der Waals surface area contributed by atoms with E-state index in [-0.39, 0.29) is 23.5 Å². The van der Waals surface area contributed by atoms with Crippen molar-refractivity contribution in [2.75, 3.05) is 19.6 Å². The predicted octanol–water partition coefficient (Wildman–Crippen LogP) is 3.03. The third-order valence-electron chi connectivity index (χ3n) is 6.65. The van der Waals surface area contributed by atoms with Gasteiger partial charge in [-0.15, -0.1) is 0 Å². The van der Waals surface area contributed by atoms with Gasteiger partial charge in [0.25, 0.3) is 0 Å². The number of aromatic nitrogens is 1. The summed E-state index contributed by atoms with van der Waals surface area (Å²) in [6.07, 6.45) is 5.30. The van der Waals surface area contributed by atoms with Gasteiger partial charge in [-0.25, -0.2) is 0 Å². The van der Waals surface area contributed by atoms with Crippen LogP contribution in [0, 0.1) is 5.92 Å². The number of nitrogens with one attached hydrogen (secondary N) is 1. The number of rotatable bonds is 7. The Kier molecular flexibility index (Phi) is 6.89. The molecular weight excluding hydrogens is 400 g/mol. The van der Waals surface area contributed by atoms with E-state index in [2.05, 4.69) is 36.3 Å². The molecule has 6 nitrogen and oxygen atoms in total. The monoisotopic (exact) mass is 434 g/mol.